The lowest BCUT2D eigenvalue weighted by Gasteiger charge is -2.20. The van der Waals surface area contributed by atoms with Gasteiger partial charge in [-0.25, -0.2) is 0 Å². The summed E-state index contributed by atoms with van der Waals surface area (Å²) in [6.07, 6.45) is 88.3. The predicted octanol–water partition coefficient (Wildman–Crippen LogP) is 23.7. The van der Waals surface area contributed by atoms with Crippen LogP contribution in [0.3, 0.4) is 0 Å². The Morgan fingerprint density at radius 1 is 0.338 bits per heavy atom. The summed E-state index contributed by atoms with van der Waals surface area (Å²) in [5.41, 5.74) is 0. The SMILES string of the molecule is CCCCCCCCCCCCCCCCCCCCC/C=C/C(O)C(CO)NC(=O)CCCCCCCCC/C=C\CCCCCCCCCCCCCCOC(=O)CCCCCCCCCCCCCCCCCCCCC. The molecule has 0 aliphatic carbocycles. The third kappa shape index (κ3) is 65.5. The molecule has 0 aromatic carbocycles. The lowest BCUT2D eigenvalue weighted by molar-refractivity contribution is -0.143. The number of carbonyl (C=O) groups excluding carboxylic acids is 2. The zero-order valence-electron chi connectivity index (χ0n) is 54.3. The van der Waals surface area contributed by atoms with Gasteiger partial charge in [-0.05, 0) is 57.8 Å². The smallest absolute Gasteiger partial charge is 0.305 e. The molecule has 0 aliphatic heterocycles. The summed E-state index contributed by atoms with van der Waals surface area (Å²) in [7, 11) is 0. The van der Waals surface area contributed by atoms with Crippen LogP contribution in [-0.2, 0) is 14.3 Å². The molecular weight excluding hydrogens is 983 g/mol. The third-order valence-electron chi connectivity index (χ3n) is 17.2. The molecule has 474 valence electrons. The van der Waals surface area contributed by atoms with Crippen molar-refractivity contribution in [3.05, 3.63) is 24.3 Å². The lowest BCUT2D eigenvalue weighted by Crippen LogP contribution is -2.45. The topological polar surface area (TPSA) is 95.9 Å². The second-order valence-corrected chi connectivity index (χ2v) is 25.3. The van der Waals surface area contributed by atoms with Gasteiger partial charge in [-0.1, -0.05) is 366 Å². The first-order valence-corrected chi connectivity index (χ1v) is 36.6. The highest BCUT2D eigenvalue weighted by Crippen LogP contribution is 2.19. The van der Waals surface area contributed by atoms with Gasteiger partial charge in [-0.15, -0.1) is 0 Å². The van der Waals surface area contributed by atoms with Crippen molar-refractivity contribution in [2.24, 2.45) is 0 Å². The van der Waals surface area contributed by atoms with E-state index in [1.54, 1.807) is 6.08 Å². The number of amides is 1. The summed E-state index contributed by atoms with van der Waals surface area (Å²) in [6.45, 7) is 4.95. The highest BCUT2D eigenvalue weighted by molar-refractivity contribution is 5.76. The largest absolute Gasteiger partial charge is 0.466 e. The monoisotopic (exact) mass is 1130 g/mol. The lowest BCUT2D eigenvalue weighted by atomic mass is 10.0. The summed E-state index contributed by atoms with van der Waals surface area (Å²) in [6, 6.07) is -0.633. The van der Waals surface area contributed by atoms with Crippen LogP contribution in [0.4, 0.5) is 0 Å². The van der Waals surface area contributed by atoms with Crippen LogP contribution in [0.15, 0.2) is 24.3 Å². The number of hydrogen-bond donors (Lipinski definition) is 3. The average Bonchev–Trinajstić information content (AvgIpc) is 3.46. The fraction of sp³-hybridized carbons (Fsp3) is 0.919. The van der Waals surface area contributed by atoms with E-state index in [0.717, 1.165) is 44.9 Å². The number of hydrogen-bond acceptors (Lipinski definition) is 5. The first kappa shape index (κ1) is 78.3. The van der Waals surface area contributed by atoms with E-state index in [1.807, 2.05) is 6.08 Å². The first-order valence-electron chi connectivity index (χ1n) is 36.6. The van der Waals surface area contributed by atoms with Crippen LogP contribution in [0.25, 0.3) is 0 Å². The van der Waals surface area contributed by atoms with Crippen molar-refractivity contribution >= 4 is 11.9 Å². The molecule has 2 unspecified atom stereocenters. The Morgan fingerprint density at radius 3 is 0.887 bits per heavy atom. The Bertz CT molecular complexity index is 1250. The van der Waals surface area contributed by atoms with Crippen molar-refractivity contribution in [3.8, 4) is 0 Å². The van der Waals surface area contributed by atoms with Crippen LogP contribution < -0.4 is 5.32 Å². The molecule has 1 amide bonds. The van der Waals surface area contributed by atoms with Gasteiger partial charge in [0, 0.05) is 12.8 Å². The fourth-order valence-corrected chi connectivity index (χ4v) is 11.6. The molecule has 0 heterocycles. The Kier molecular flexibility index (Phi) is 68.4. The zero-order valence-corrected chi connectivity index (χ0v) is 54.3. The van der Waals surface area contributed by atoms with Crippen LogP contribution in [0.2, 0.25) is 0 Å². The van der Waals surface area contributed by atoms with Crippen molar-refractivity contribution in [3.63, 3.8) is 0 Å². The highest BCUT2D eigenvalue weighted by atomic mass is 16.5. The summed E-state index contributed by atoms with van der Waals surface area (Å²) in [5, 5.41) is 23.2. The number of aliphatic hydroxyl groups excluding tert-OH is 2. The molecule has 0 radical (unpaired) electrons. The number of carbonyl (C=O) groups is 2. The van der Waals surface area contributed by atoms with E-state index in [-0.39, 0.29) is 18.5 Å². The molecule has 0 spiro atoms. The molecule has 6 nitrogen and oxygen atoms in total. The van der Waals surface area contributed by atoms with Crippen molar-refractivity contribution < 1.29 is 24.5 Å². The molecule has 0 fully saturated rings. The normalized spacial score (nSPS) is 12.6. The predicted molar refractivity (Wildman–Crippen MR) is 352 cm³/mol. The van der Waals surface area contributed by atoms with E-state index in [4.69, 9.17) is 4.74 Å². The first-order chi connectivity index (χ1) is 39.5. The van der Waals surface area contributed by atoms with Crippen molar-refractivity contribution in [1.82, 2.24) is 5.32 Å². The number of unbranched alkanes of at least 4 members (excludes halogenated alkanes) is 56. The van der Waals surface area contributed by atoms with Gasteiger partial charge < -0.3 is 20.3 Å². The van der Waals surface area contributed by atoms with Crippen molar-refractivity contribution in [2.75, 3.05) is 13.2 Å². The molecule has 0 saturated carbocycles. The fourth-order valence-electron chi connectivity index (χ4n) is 11.6. The van der Waals surface area contributed by atoms with Gasteiger partial charge in [-0.3, -0.25) is 9.59 Å². The quantitative estimate of drug-likeness (QED) is 0.0320. The Labute approximate surface area is 501 Å². The van der Waals surface area contributed by atoms with E-state index in [0.29, 0.717) is 19.4 Å². The van der Waals surface area contributed by atoms with Crippen LogP contribution in [0.1, 0.15) is 412 Å². The minimum Gasteiger partial charge on any atom is -0.466 e. The summed E-state index contributed by atoms with van der Waals surface area (Å²) < 4.78 is 5.51. The van der Waals surface area contributed by atoms with Gasteiger partial charge in [0.1, 0.15) is 0 Å². The molecule has 6 heteroatoms. The second kappa shape index (κ2) is 69.8. The number of allylic oxidation sites excluding steroid dienone is 3. The Morgan fingerprint density at radius 2 is 0.588 bits per heavy atom. The minimum atomic E-state index is -0.849. The van der Waals surface area contributed by atoms with Crippen LogP contribution in [0.5, 0.6) is 0 Å². The molecule has 0 saturated heterocycles. The van der Waals surface area contributed by atoms with Crippen molar-refractivity contribution in [1.29, 1.82) is 0 Å². The number of esters is 1. The molecule has 0 rings (SSSR count). The number of rotatable bonds is 69. The molecular formula is C74H143NO5. The molecule has 0 aliphatic rings. The third-order valence-corrected chi connectivity index (χ3v) is 17.2. The second-order valence-electron chi connectivity index (χ2n) is 25.3. The molecule has 2 atom stereocenters. The van der Waals surface area contributed by atoms with Gasteiger partial charge >= 0.3 is 5.97 Å². The summed E-state index contributed by atoms with van der Waals surface area (Å²) >= 11 is 0. The van der Waals surface area contributed by atoms with E-state index < -0.39 is 12.1 Å². The number of ether oxygens (including phenoxy) is 1. The molecule has 0 aromatic heterocycles. The van der Waals surface area contributed by atoms with Gasteiger partial charge in [0.25, 0.3) is 0 Å². The average molecular weight is 1130 g/mol. The number of nitrogens with one attached hydrogen (secondary N) is 1. The van der Waals surface area contributed by atoms with Crippen LogP contribution in [-0.4, -0.2) is 47.4 Å². The van der Waals surface area contributed by atoms with Crippen molar-refractivity contribution in [2.45, 2.75) is 424 Å². The summed E-state index contributed by atoms with van der Waals surface area (Å²) in [4.78, 5) is 24.6. The standard InChI is InChI=1S/C74H143NO5/c1-3-5-7-9-11-13-15-17-19-21-23-27-31-34-38-42-46-50-54-58-62-66-72(77)71(70-76)75-73(78)67-63-59-55-51-47-43-39-35-32-28-25-24-26-29-33-37-41-45-49-53-57-61-65-69-80-74(79)68-64-60-56-52-48-44-40-36-30-22-20-18-16-14-12-10-8-6-4-2/h28,32,62,66,71-72,76-77H,3-27,29-31,33-61,63-65,67-70H2,1-2H3,(H,75,78)/b32-28-,66-62+. The molecule has 0 bridgehead atoms. The van der Waals surface area contributed by atoms with E-state index in [9.17, 15) is 19.8 Å². The number of aliphatic hydroxyl groups is 2. The van der Waals surface area contributed by atoms with Gasteiger partial charge in [0.2, 0.25) is 5.91 Å². The van der Waals surface area contributed by atoms with Crippen LogP contribution >= 0.6 is 0 Å². The van der Waals surface area contributed by atoms with E-state index >= 15 is 0 Å². The van der Waals surface area contributed by atoms with Gasteiger partial charge in [0.15, 0.2) is 0 Å². The van der Waals surface area contributed by atoms with Gasteiger partial charge in [-0.2, -0.15) is 0 Å². The van der Waals surface area contributed by atoms with E-state index in [2.05, 4.69) is 31.3 Å². The Balaban J connectivity index is 3.41. The molecule has 80 heavy (non-hydrogen) atoms. The Hall–Kier alpha value is -1.66. The minimum absolute atomic E-state index is 0.0167. The zero-order chi connectivity index (χ0) is 57.8. The van der Waals surface area contributed by atoms with E-state index in [1.165, 1.54) is 340 Å². The summed E-state index contributed by atoms with van der Waals surface area (Å²) in [5.74, 6) is -0.0534. The van der Waals surface area contributed by atoms with Crippen LogP contribution in [0, 0.1) is 0 Å². The maximum absolute atomic E-state index is 12.5. The molecule has 0 aromatic rings. The highest BCUT2D eigenvalue weighted by Gasteiger charge is 2.18. The van der Waals surface area contributed by atoms with Gasteiger partial charge in [0.05, 0.1) is 25.4 Å². The maximum atomic E-state index is 12.5. The molecule has 3 N–H and O–H groups in total. The maximum Gasteiger partial charge on any atom is 0.305 e.